The molecule has 0 bridgehead atoms. The van der Waals surface area contributed by atoms with Crippen molar-refractivity contribution < 1.29 is 4.21 Å². The number of nitrogens with two attached hydrogens (primary N) is 1. The topological polar surface area (TPSA) is 60.9 Å². The van der Waals surface area contributed by atoms with Gasteiger partial charge in [0, 0.05) is 23.8 Å². The molecule has 0 aliphatic rings. The number of rotatable bonds is 4. The number of nitrogen functional groups attached to an aromatic ring is 1. The molecule has 0 aliphatic heterocycles. The van der Waals surface area contributed by atoms with Crippen molar-refractivity contribution in [3.05, 3.63) is 42.2 Å². The van der Waals surface area contributed by atoms with Crippen molar-refractivity contribution in [2.45, 2.75) is 18.4 Å². The second kappa shape index (κ2) is 5.14. The summed E-state index contributed by atoms with van der Waals surface area (Å²) in [7, 11) is -1.08. The molecule has 0 aliphatic carbocycles. The van der Waals surface area contributed by atoms with E-state index in [1.165, 1.54) is 0 Å². The first-order valence-corrected chi connectivity index (χ1v) is 6.70. The molecular weight excluding hydrogens is 234 g/mol. The third kappa shape index (κ3) is 2.94. The minimum absolute atomic E-state index is 0.523. The lowest BCUT2D eigenvalue weighted by atomic mass is 10.2. The molecule has 2 rings (SSSR count). The van der Waals surface area contributed by atoms with Crippen molar-refractivity contribution in [2.75, 3.05) is 11.5 Å². The first kappa shape index (κ1) is 11.9. The second-order valence-electron chi connectivity index (χ2n) is 3.86. The average molecular weight is 249 g/mol. The van der Waals surface area contributed by atoms with Crippen molar-refractivity contribution >= 4 is 16.5 Å². The van der Waals surface area contributed by atoms with Crippen LogP contribution < -0.4 is 5.73 Å². The van der Waals surface area contributed by atoms with Gasteiger partial charge < -0.3 is 5.73 Å². The highest BCUT2D eigenvalue weighted by Gasteiger charge is 2.08. The van der Waals surface area contributed by atoms with Gasteiger partial charge in [-0.25, -0.2) is 0 Å². The third-order valence-electron chi connectivity index (χ3n) is 2.48. The fourth-order valence-corrected chi connectivity index (χ4v) is 2.78. The number of nitrogens with zero attached hydrogens (tertiary/aromatic N) is 2. The zero-order valence-electron chi connectivity index (χ0n) is 9.67. The van der Waals surface area contributed by atoms with Gasteiger partial charge in [-0.1, -0.05) is 6.07 Å². The number of hydrogen-bond acceptors (Lipinski definition) is 3. The lowest BCUT2D eigenvalue weighted by Gasteiger charge is -2.07. The van der Waals surface area contributed by atoms with Crippen molar-refractivity contribution in [1.29, 1.82) is 0 Å². The molecule has 4 nitrogen and oxygen atoms in total. The van der Waals surface area contributed by atoms with Gasteiger partial charge in [-0.2, -0.15) is 5.10 Å². The Bertz CT molecular complexity index is 523. The van der Waals surface area contributed by atoms with E-state index in [0.717, 1.165) is 10.5 Å². The zero-order valence-corrected chi connectivity index (χ0v) is 10.5. The van der Waals surface area contributed by atoms with Gasteiger partial charge in [-0.05, 0) is 30.7 Å². The van der Waals surface area contributed by atoms with Gasteiger partial charge in [-0.15, -0.1) is 0 Å². The van der Waals surface area contributed by atoms with Crippen LogP contribution in [0.2, 0.25) is 0 Å². The lowest BCUT2D eigenvalue weighted by Crippen LogP contribution is -2.09. The van der Waals surface area contributed by atoms with Crippen LogP contribution in [-0.2, 0) is 17.3 Å². The van der Waals surface area contributed by atoms with Crippen LogP contribution in [-0.4, -0.2) is 19.7 Å². The third-order valence-corrected chi connectivity index (χ3v) is 3.88. The number of benzene rings is 1. The van der Waals surface area contributed by atoms with Crippen LogP contribution in [0, 0.1) is 6.92 Å². The summed E-state index contributed by atoms with van der Waals surface area (Å²) in [5, 5.41) is 4.07. The molecule has 1 aromatic carbocycles. The standard InChI is InChI=1S/C12H15N3OS/c1-10-3-4-11(13)12(9-10)17(16)8-7-15-6-2-5-14-15/h2-6,9H,7-8,13H2,1H3. The van der Waals surface area contributed by atoms with E-state index in [4.69, 9.17) is 5.73 Å². The quantitative estimate of drug-likeness (QED) is 0.837. The van der Waals surface area contributed by atoms with E-state index >= 15 is 0 Å². The monoisotopic (exact) mass is 249 g/mol. The summed E-state index contributed by atoms with van der Waals surface area (Å²) in [4.78, 5) is 0.720. The summed E-state index contributed by atoms with van der Waals surface area (Å²) < 4.78 is 13.9. The Morgan fingerprint density at radius 2 is 2.29 bits per heavy atom. The zero-order chi connectivity index (χ0) is 12.3. The van der Waals surface area contributed by atoms with Crippen LogP contribution in [0.1, 0.15) is 5.56 Å². The summed E-state index contributed by atoms with van der Waals surface area (Å²) in [6, 6.07) is 7.46. The molecule has 5 heteroatoms. The molecule has 0 amide bonds. The minimum Gasteiger partial charge on any atom is -0.398 e. The van der Waals surface area contributed by atoms with Gasteiger partial charge in [0.1, 0.15) is 0 Å². The summed E-state index contributed by atoms with van der Waals surface area (Å²) in [6.45, 7) is 2.60. The van der Waals surface area contributed by atoms with Crippen LogP contribution in [0.4, 0.5) is 5.69 Å². The van der Waals surface area contributed by atoms with E-state index in [2.05, 4.69) is 5.10 Å². The van der Waals surface area contributed by atoms with Gasteiger partial charge >= 0.3 is 0 Å². The summed E-state index contributed by atoms with van der Waals surface area (Å²) in [5.41, 5.74) is 7.49. The highest BCUT2D eigenvalue weighted by molar-refractivity contribution is 7.85. The Morgan fingerprint density at radius 3 is 3.00 bits per heavy atom. The smallest absolute Gasteiger partial charge is 0.0620 e. The Balaban J connectivity index is 2.07. The average Bonchev–Trinajstić information content (AvgIpc) is 2.82. The highest BCUT2D eigenvalue weighted by Crippen LogP contribution is 2.18. The van der Waals surface area contributed by atoms with Crippen LogP contribution in [0.25, 0.3) is 0 Å². The van der Waals surface area contributed by atoms with Crippen LogP contribution >= 0.6 is 0 Å². The predicted octanol–water partition coefficient (Wildman–Crippen LogP) is 1.58. The number of anilines is 1. The first-order chi connectivity index (χ1) is 8.16. The molecule has 0 spiro atoms. The van der Waals surface area contributed by atoms with Crippen LogP contribution in [0.3, 0.4) is 0 Å². The number of hydrogen-bond donors (Lipinski definition) is 1. The molecule has 2 N–H and O–H groups in total. The molecule has 90 valence electrons. The molecule has 0 saturated heterocycles. The van der Waals surface area contributed by atoms with Gasteiger partial charge in [0.05, 0.1) is 22.2 Å². The van der Waals surface area contributed by atoms with E-state index in [-0.39, 0.29) is 0 Å². The molecule has 0 radical (unpaired) electrons. The molecule has 2 aromatic rings. The summed E-state index contributed by atoms with van der Waals surface area (Å²) in [6.07, 6.45) is 3.57. The van der Waals surface area contributed by atoms with Gasteiger partial charge in [-0.3, -0.25) is 8.89 Å². The molecule has 0 fully saturated rings. The molecule has 1 unspecified atom stereocenters. The van der Waals surface area contributed by atoms with Crippen molar-refractivity contribution in [3.63, 3.8) is 0 Å². The Morgan fingerprint density at radius 1 is 1.47 bits per heavy atom. The van der Waals surface area contributed by atoms with Crippen LogP contribution in [0.5, 0.6) is 0 Å². The summed E-state index contributed by atoms with van der Waals surface area (Å²) in [5.74, 6) is 0.523. The van der Waals surface area contributed by atoms with Crippen molar-refractivity contribution in [2.24, 2.45) is 0 Å². The molecule has 1 atom stereocenters. The second-order valence-corrected chi connectivity index (χ2v) is 5.40. The Hall–Kier alpha value is -1.62. The Kier molecular flexibility index (Phi) is 3.58. The van der Waals surface area contributed by atoms with E-state index in [0.29, 0.717) is 18.0 Å². The fraction of sp³-hybridized carbons (Fsp3) is 0.250. The fourth-order valence-electron chi connectivity index (χ4n) is 1.56. The number of aryl methyl sites for hydroxylation is 2. The molecule has 0 saturated carbocycles. The Labute approximate surface area is 103 Å². The highest BCUT2D eigenvalue weighted by atomic mass is 32.2. The first-order valence-electron chi connectivity index (χ1n) is 5.39. The van der Waals surface area contributed by atoms with E-state index < -0.39 is 10.8 Å². The van der Waals surface area contributed by atoms with E-state index in [1.807, 2.05) is 31.3 Å². The molecule has 1 heterocycles. The maximum Gasteiger partial charge on any atom is 0.0620 e. The van der Waals surface area contributed by atoms with Gasteiger partial charge in [0.2, 0.25) is 0 Å². The maximum atomic E-state index is 12.1. The van der Waals surface area contributed by atoms with Crippen molar-refractivity contribution in [1.82, 2.24) is 9.78 Å². The normalized spacial score (nSPS) is 12.5. The summed E-state index contributed by atoms with van der Waals surface area (Å²) >= 11 is 0. The largest absolute Gasteiger partial charge is 0.398 e. The van der Waals surface area contributed by atoms with Crippen LogP contribution in [0.15, 0.2) is 41.6 Å². The number of aromatic nitrogens is 2. The van der Waals surface area contributed by atoms with Crippen molar-refractivity contribution in [3.8, 4) is 0 Å². The SMILES string of the molecule is Cc1ccc(N)c(S(=O)CCn2cccn2)c1. The predicted molar refractivity (Wildman–Crippen MR) is 69.1 cm³/mol. The maximum absolute atomic E-state index is 12.1. The van der Waals surface area contributed by atoms with Gasteiger partial charge in [0.15, 0.2) is 0 Å². The molecule has 17 heavy (non-hydrogen) atoms. The van der Waals surface area contributed by atoms with Gasteiger partial charge in [0.25, 0.3) is 0 Å². The lowest BCUT2D eigenvalue weighted by molar-refractivity contribution is 0.644. The molecule has 1 aromatic heterocycles. The van der Waals surface area contributed by atoms with E-state index in [9.17, 15) is 4.21 Å². The molecular formula is C12H15N3OS. The minimum atomic E-state index is -1.08. The van der Waals surface area contributed by atoms with E-state index in [1.54, 1.807) is 16.9 Å².